The Morgan fingerprint density at radius 1 is 0.914 bits per heavy atom. The van der Waals surface area contributed by atoms with Gasteiger partial charge in [0.1, 0.15) is 0 Å². The van der Waals surface area contributed by atoms with Crippen molar-refractivity contribution in [3.8, 4) is 11.6 Å². The monoisotopic (exact) mass is 487 g/mol. The largest absolute Gasteiger partial charge is 0.461 e. The minimum Gasteiger partial charge on any atom is -0.461 e. The van der Waals surface area contributed by atoms with Crippen LogP contribution in [0.4, 0.5) is 11.4 Å². The zero-order valence-electron chi connectivity index (χ0n) is 19.6. The molecule has 1 N–H and O–H groups in total. The molecule has 0 radical (unpaired) electrons. The van der Waals surface area contributed by atoms with Crippen molar-refractivity contribution in [2.24, 2.45) is 0 Å². The molecule has 5 rings (SSSR count). The first kappa shape index (κ1) is 23.2. The van der Waals surface area contributed by atoms with Crippen LogP contribution in [0, 0.1) is 0 Å². The van der Waals surface area contributed by atoms with Gasteiger partial charge in [-0.15, -0.1) is 10.2 Å². The first-order valence-corrected chi connectivity index (χ1v) is 13.0. The Balaban J connectivity index is 1.23. The molecule has 0 saturated carbocycles. The highest BCUT2D eigenvalue weighted by Gasteiger charge is 2.18. The molecule has 2 aromatic heterocycles. The van der Waals surface area contributed by atoms with Gasteiger partial charge in [0.2, 0.25) is 11.7 Å². The van der Waals surface area contributed by atoms with Crippen LogP contribution in [0.5, 0.6) is 0 Å². The summed E-state index contributed by atoms with van der Waals surface area (Å²) in [7, 11) is 0. The van der Waals surface area contributed by atoms with Crippen molar-refractivity contribution in [1.29, 1.82) is 0 Å². The van der Waals surface area contributed by atoms with Crippen LogP contribution in [0.25, 0.3) is 11.6 Å². The molecule has 0 unspecified atom stereocenters. The molecule has 0 spiro atoms. The second-order valence-corrected chi connectivity index (χ2v) is 9.58. The molecule has 0 bridgehead atoms. The number of carbonyl (C=O) groups excluding carboxylic acids is 1. The van der Waals surface area contributed by atoms with Crippen LogP contribution >= 0.6 is 11.8 Å². The number of rotatable bonds is 8. The Kier molecular flexibility index (Phi) is 7.48. The average Bonchev–Trinajstić information content (AvgIpc) is 3.47. The molecule has 35 heavy (non-hydrogen) atoms. The van der Waals surface area contributed by atoms with Crippen LogP contribution in [0.1, 0.15) is 31.2 Å². The quantitative estimate of drug-likeness (QED) is 0.322. The maximum atomic E-state index is 12.7. The van der Waals surface area contributed by atoms with E-state index in [9.17, 15) is 4.79 Å². The summed E-state index contributed by atoms with van der Waals surface area (Å²) in [6.07, 6.45) is 6.72. The zero-order valence-corrected chi connectivity index (χ0v) is 20.4. The summed E-state index contributed by atoms with van der Waals surface area (Å²) in [6.45, 7) is 2.80. The van der Waals surface area contributed by atoms with Crippen molar-refractivity contribution in [3.63, 3.8) is 0 Å². The second-order valence-electron chi connectivity index (χ2n) is 8.64. The molecule has 7 nitrogen and oxygen atoms in total. The van der Waals surface area contributed by atoms with Crippen LogP contribution in [-0.4, -0.2) is 39.5 Å². The predicted molar refractivity (Wildman–Crippen MR) is 140 cm³/mol. The fourth-order valence-corrected chi connectivity index (χ4v) is 5.04. The lowest BCUT2D eigenvalue weighted by Gasteiger charge is -2.22. The molecular weight excluding hydrogens is 458 g/mol. The van der Waals surface area contributed by atoms with Gasteiger partial charge in [0.05, 0.1) is 18.6 Å². The molecular formula is C27H29N5O2S. The fourth-order valence-electron chi connectivity index (χ4n) is 4.30. The van der Waals surface area contributed by atoms with E-state index in [1.807, 2.05) is 47.0 Å². The van der Waals surface area contributed by atoms with Crippen LogP contribution in [-0.2, 0) is 11.3 Å². The zero-order chi connectivity index (χ0) is 23.9. The number of anilines is 2. The van der Waals surface area contributed by atoms with Crippen molar-refractivity contribution < 1.29 is 9.21 Å². The molecule has 1 aliphatic heterocycles. The summed E-state index contributed by atoms with van der Waals surface area (Å²) in [4.78, 5) is 15.1. The number of nitrogens with zero attached hydrogens (tertiary/aromatic N) is 4. The normalized spacial score (nSPS) is 14.0. The summed E-state index contributed by atoms with van der Waals surface area (Å²) in [6, 6.07) is 22.0. The van der Waals surface area contributed by atoms with E-state index in [4.69, 9.17) is 4.42 Å². The van der Waals surface area contributed by atoms with E-state index in [0.29, 0.717) is 23.3 Å². The Bertz CT molecular complexity index is 1210. The van der Waals surface area contributed by atoms with Gasteiger partial charge in [-0.3, -0.25) is 9.36 Å². The molecule has 0 atom stereocenters. The number of furan rings is 1. The number of thioether (sulfide) groups is 1. The predicted octanol–water partition coefficient (Wildman–Crippen LogP) is 5.70. The molecule has 3 heterocycles. The summed E-state index contributed by atoms with van der Waals surface area (Å²) >= 11 is 1.37. The average molecular weight is 488 g/mol. The molecule has 1 amide bonds. The second kappa shape index (κ2) is 11.3. The van der Waals surface area contributed by atoms with E-state index < -0.39 is 0 Å². The van der Waals surface area contributed by atoms with E-state index in [1.54, 1.807) is 6.26 Å². The van der Waals surface area contributed by atoms with Crippen molar-refractivity contribution in [1.82, 2.24) is 14.8 Å². The summed E-state index contributed by atoms with van der Waals surface area (Å²) in [5.74, 6) is 1.45. The maximum Gasteiger partial charge on any atom is 0.234 e. The van der Waals surface area contributed by atoms with Crippen LogP contribution in [0.15, 0.2) is 82.6 Å². The highest BCUT2D eigenvalue weighted by molar-refractivity contribution is 7.99. The van der Waals surface area contributed by atoms with Crippen LogP contribution < -0.4 is 10.2 Å². The van der Waals surface area contributed by atoms with E-state index in [0.717, 1.165) is 24.3 Å². The minimum absolute atomic E-state index is 0.0775. The van der Waals surface area contributed by atoms with Crippen LogP contribution in [0.2, 0.25) is 0 Å². The van der Waals surface area contributed by atoms with Gasteiger partial charge < -0.3 is 14.6 Å². The van der Waals surface area contributed by atoms with Gasteiger partial charge in [0.25, 0.3) is 0 Å². The maximum absolute atomic E-state index is 12.7. The number of hydrogen-bond acceptors (Lipinski definition) is 6. The number of benzene rings is 2. The van der Waals surface area contributed by atoms with Gasteiger partial charge in [-0.2, -0.15) is 0 Å². The molecule has 8 heteroatoms. The summed E-state index contributed by atoms with van der Waals surface area (Å²) in [5.41, 5.74) is 3.14. The molecule has 0 aliphatic carbocycles. The molecule has 1 saturated heterocycles. The van der Waals surface area contributed by atoms with Gasteiger partial charge in [0.15, 0.2) is 10.9 Å². The Labute approximate surface area is 209 Å². The van der Waals surface area contributed by atoms with Gasteiger partial charge >= 0.3 is 0 Å². The third-order valence-corrected chi connectivity index (χ3v) is 7.06. The van der Waals surface area contributed by atoms with E-state index >= 15 is 0 Å². The third-order valence-electron chi connectivity index (χ3n) is 6.10. The first-order chi connectivity index (χ1) is 17.3. The molecule has 2 aromatic carbocycles. The Morgan fingerprint density at radius 3 is 2.40 bits per heavy atom. The van der Waals surface area contributed by atoms with E-state index in [-0.39, 0.29) is 11.7 Å². The van der Waals surface area contributed by atoms with Gasteiger partial charge in [0, 0.05) is 24.5 Å². The summed E-state index contributed by atoms with van der Waals surface area (Å²) < 4.78 is 7.55. The van der Waals surface area contributed by atoms with Gasteiger partial charge in [-0.25, -0.2) is 0 Å². The number of amides is 1. The number of carbonyl (C=O) groups is 1. The van der Waals surface area contributed by atoms with E-state index in [1.165, 1.54) is 43.1 Å². The lowest BCUT2D eigenvalue weighted by atomic mass is 10.2. The number of hydrogen-bond donors (Lipinski definition) is 1. The molecule has 180 valence electrons. The Morgan fingerprint density at radius 2 is 1.69 bits per heavy atom. The highest BCUT2D eigenvalue weighted by Crippen LogP contribution is 2.26. The summed E-state index contributed by atoms with van der Waals surface area (Å²) in [5, 5.41) is 12.4. The van der Waals surface area contributed by atoms with Crippen molar-refractivity contribution in [3.05, 3.63) is 78.6 Å². The smallest absolute Gasteiger partial charge is 0.234 e. The topological polar surface area (TPSA) is 76.2 Å². The van der Waals surface area contributed by atoms with Crippen molar-refractivity contribution in [2.75, 3.05) is 29.1 Å². The van der Waals surface area contributed by atoms with Crippen molar-refractivity contribution >= 4 is 29.0 Å². The third kappa shape index (κ3) is 5.95. The lowest BCUT2D eigenvalue weighted by Crippen LogP contribution is -2.23. The van der Waals surface area contributed by atoms with Crippen LogP contribution in [0.3, 0.4) is 0 Å². The standard InChI is InChI=1S/C27H29N5O2S/c33-25(28-22-12-14-23(15-13-22)31-16-6-1-2-7-17-31)20-35-27-30-29-26(24-11-8-18-34-24)32(27)19-21-9-4-3-5-10-21/h3-5,8-15,18H,1-2,6-7,16-17,19-20H2,(H,28,33). The fraction of sp³-hybridized carbons (Fsp3) is 0.296. The first-order valence-electron chi connectivity index (χ1n) is 12.0. The molecule has 1 aliphatic rings. The van der Waals surface area contributed by atoms with Crippen molar-refractivity contribution in [2.45, 2.75) is 37.4 Å². The molecule has 4 aromatic rings. The highest BCUT2D eigenvalue weighted by atomic mass is 32.2. The van der Waals surface area contributed by atoms with Gasteiger partial charge in [-0.05, 0) is 54.8 Å². The Hall–Kier alpha value is -3.52. The minimum atomic E-state index is -0.0775. The van der Waals surface area contributed by atoms with E-state index in [2.05, 4.69) is 44.7 Å². The lowest BCUT2D eigenvalue weighted by molar-refractivity contribution is -0.113. The number of nitrogens with one attached hydrogen (secondary N) is 1. The SMILES string of the molecule is O=C(CSc1nnc(-c2ccco2)n1Cc1ccccc1)Nc1ccc(N2CCCCCC2)cc1. The van der Waals surface area contributed by atoms with Gasteiger partial charge in [-0.1, -0.05) is 54.9 Å². The molecule has 1 fully saturated rings. The number of aromatic nitrogens is 3.